The van der Waals surface area contributed by atoms with E-state index in [0.717, 1.165) is 31.2 Å². The highest BCUT2D eigenvalue weighted by molar-refractivity contribution is 7.89. The molecule has 0 saturated carbocycles. The van der Waals surface area contributed by atoms with Gasteiger partial charge in [0.2, 0.25) is 10.0 Å². The van der Waals surface area contributed by atoms with Crippen molar-refractivity contribution in [1.82, 2.24) is 9.21 Å². The predicted octanol–water partition coefficient (Wildman–Crippen LogP) is 3.46. The maximum absolute atomic E-state index is 13.0. The van der Waals surface area contributed by atoms with Gasteiger partial charge in [-0.1, -0.05) is 49.2 Å². The Bertz CT molecular complexity index is 1020. The van der Waals surface area contributed by atoms with Crippen LogP contribution in [0.25, 0.3) is 0 Å². The highest BCUT2D eigenvalue weighted by Gasteiger charge is 2.26. The number of carbonyl (C=O) groups excluding carboxylic acids is 2. The minimum atomic E-state index is -3.67. The molecule has 0 N–H and O–H groups in total. The molecule has 172 valence electrons. The molecule has 0 spiro atoms. The Morgan fingerprint density at radius 3 is 2.31 bits per heavy atom. The van der Waals surface area contributed by atoms with Gasteiger partial charge in [-0.25, -0.2) is 13.2 Å². The molecule has 0 aromatic heterocycles. The summed E-state index contributed by atoms with van der Waals surface area (Å²) in [7, 11) is -3.67. The number of amides is 1. The van der Waals surface area contributed by atoms with Gasteiger partial charge in [-0.2, -0.15) is 4.31 Å². The molecule has 2 aromatic carbocycles. The number of ether oxygens (including phenoxy) is 1. The van der Waals surface area contributed by atoms with Gasteiger partial charge < -0.3 is 9.64 Å². The van der Waals surface area contributed by atoms with Gasteiger partial charge in [-0.15, -0.1) is 0 Å². The van der Waals surface area contributed by atoms with Crippen molar-refractivity contribution in [2.24, 2.45) is 0 Å². The van der Waals surface area contributed by atoms with Crippen molar-refractivity contribution in [1.29, 1.82) is 0 Å². The summed E-state index contributed by atoms with van der Waals surface area (Å²) in [6, 6.07) is 15.4. The second kappa shape index (κ2) is 11.2. The number of hydrogen-bond acceptors (Lipinski definition) is 5. The van der Waals surface area contributed by atoms with E-state index in [9.17, 15) is 18.0 Å². The topological polar surface area (TPSA) is 84.0 Å². The Morgan fingerprint density at radius 1 is 0.969 bits per heavy atom. The molecule has 1 saturated heterocycles. The van der Waals surface area contributed by atoms with E-state index >= 15 is 0 Å². The first-order valence-corrected chi connectivity index (χ1v) is 12.4. The molecule has 1 heterocycles. The van der Waals surface area contributed by atoms with Gasteiger partial charge in [-0.05, 0) is 43.5 Å². The fourth-order valence-electron chi connectivity index (χ4n) is 3.70. The zero-order valence-electron chi connectivity index (χ0n) is 18.4. The van der Waals surface area contributed by atoms with Gasteiger partial charge >= 0.3 is 5.97 Å². The summed E-state index contributed by atoms with van der Waals surface area (Å²) in [5.41, 5.74) is 1.10. The lowest BCUT2D eigenvalue weighted by Crippen LogP contribution is -2.34. The molecule has 2 aromatic rings. The number of benzene rings is 2. The molecule has 0 bridgehead atoms. The van der Waals surface area contributed by atoms with E-state index in [1.54, 1.807) is 4.90 Å². The molecular weight excluding hydrogens is 428 g/mol. The van der Waals surface area contributed by atoms with Crippen molar-refractivity contribution >= 4 is 21.9 Å². The van der Waals surface area contributed by atoms with E-state index in [1.807, 2.05) is 37.3 Å². The zero-order chi connectivity index (χ0) is 23.0. The quantitative estimate of drug-likeness (QED) is 0.566. The number of rotatable bonds is 8. The molecule has 1 fully saturated rings. The number of esters is 1. The van der Waals surface area contributed by atoms with Gasteiger partial charge in [0.15, 0.2) is 6.61 Å². The number of carbonyl (C=O) groups is 2. The first-order chi connectivity index (χ1) is 15.4. The van der Waals surface area contributed by atoms with Crippen LogP contribution in [0.2, 0.25) is 0 Å². The van der Waals surface area contributed by atoms with E-state index < -0.39 is 22.6 Å². The Labute approximate surface area is 190 Å². The van der Waals surface area contributed by atoms with Crippen molar-refractivity contribution in [2.75, 3.05) is 26.2 Å². The Balaban J connectivity index is 1.63. The van der Waals surface area contributed by atoms with Crippen molar-refractivity contribution in [3.63, 3.8) is 0 Å². The van der Waals surface area contributed by atoms with Crippen LogP contribution in [0.1, 0.15) is 48.5 Å². The van der Waals surface area contributed by atoms with Crippen LogP contribution in [-0.2, 0) is 26.1 Å². The van der Waals surface area contributed by atoms with Gasteiger partial charge in [0.1, 0.15) is 0 Å². The molecular formula is C24H30N2O5S. The van der Waals surface area contributed by atoms with Crippen molar-refractivity contribution in [3.8, 4) is 0 Å². The average Bonchev–Trinajstić information content (AvgIpc) is 3.12. The van der Waals surface area contributed by atoms with E-state index in [4.69, 9.17) is 4.74 Å². The SMILES string of the molecule is CCN(Cc1ccccc1)C(=O)COC(=O)c1cccc(S(=O)(=O)N2CCCCCC2)c1. The lowest BCUT2D eigenvalue weighted by Gasteiger charge is -2.21. The van der Waals surface area contributed by atoms with Crippen LogP contribution in [0.5, 0.6) is 0 Å². The summed E-state index contributed by atoms with van der Waals surface area (Å²) < 4.78 is 32.7. The number of sulfonamides is 1. The standard InChI is InChI=1S/C24H30N2O5S/c1-2-25(18-20-11-6-5-7-12-20)23(27)19-31-24(28)21-13-10-14-22(17-21)32(29,30)26-15-8-3-4-9-16-26/h5-7,10-14,17H,2-4,8-9,15-16,18-19H2,1H3. The van der Waals surface area contributed by atoms with Crippen LogP contribution in [0.3, 0.4) is 0 Å². The Hall–Kier alpha value is -2.71. The van der Waals surface area contributed by atoms with Crippen molar-refractivity contribution in [3.05, 3.63) is 65.7 Å². The molecule has 1 amide bonds. The average molecular weight is 459 g/mol. The maximum atomic E-state index is 13.0. The third-order valence-electron chi connectivity index (χ3n) is 5.55. The lowest BCUT2D eigenvalue weighted by atomic mass is 10.2. The molecule has 32 heavy (non-hydrogen) atoms. The lowest BCUT2D eigenvalue weighted by molar-refractivity contribution is -0.134. The molecule has 3 rings (SSSR count). The summed E-state index contributed by atoms with van der Waals surface area (Å²) >= 11 is 0. The zero-order valence-corrected chi connectivity index (χ0v) is 19.2. The summed E-state index contributed by atoms with van der Waals surface area (Å²) in [5, 5.41) is 0. The fourth-order valence-corrected chi connectivity index (χ4v) is 5.26. The van der Waals surface area contributed by atoms with Crippen LogP contribution < -0.4 is 0 Å². The van der Waals surface area contributed by atoms with Crippen molar-refractivity contribution in [2.45, 2.75) is 44.0 Å². The number of hydrogen-bond donors (Lipinski definition) is 0. The van der Waals surface area contributed by atoms with Crippen molar-refractivity contribution < 1.29 is 22.7 Å². The van der Waals surface area contributed by atoms with Gasteiger partial charge in [0, 0.05) is 26.2 Å². The molecule has 1 aliphatic rings. The Morgan fingerprint density at radius 2 is 1.66 bits per heavy atom. The smallest absolute Gasteiger partial charge is 0.338 e. The van der Waals surface area contributed by atoms with Crippen LogP contribution in [0.4, 0.5) is 0 Å². The van der Waals surface area contributed by atoms with Crippen LogP contribution in [0.15, 0.2) is 59.5 Å². The van der Waals surface area contributed by atoms with Crippen LogP contribution in [0, 0.1) is 0 Å². The van der Waals surface area contributed by atoms with E-state index in [0.29, 0.717) is 26.2 Å². The van der Waals surface area contributed by atoms with Gasteiger partial charge in [-0.3, -0.25) is 4.79 Å². The van der Waals surface area contributed by atoms with Crippen LogP contribution in [-0.4, -0.2) is 55.7 Å². The monoisotopic (exact) mass is 458 g/mol. The second-order valence-electron chi connectivity index (χ2n) is 7.82. The molecule has 0 unspecified atom stereocenters. The normalized spacial score (nSPS) is 15.0. The van der Waals surface area contributed by atoms with Gasteiger partial charge in [0.25, 0.3) is 5.91 Å². The van der Waals surface area contributed by atoms with E-state index in [-0.39, 0.29) is 16.4 Å². The first-order valence-electron chi connectivity index (χ1n) is 11.0. The summed E-state index contributed by atoms with van der Waals surface area (Å²) in [4.78, 5) is 26.7. The van der Waals surface area contributed by atoms with Crippen LogP contribution >= 0.6 is 0 Å². The van der Waals surface area contributed by atoms with Gasteiger partial charge in [0.05, 0.1) is 10.5 Å². The number of likely N-dealkylation sites (N-methyl/N-ethyl adjacent to an activating group) is 1. The minimum Gasteiger partial charge on any atom is -0.452 e. The summed E-state index contributed by atoms with van der Waals surface area (Å²) in [6.45, 7) is 3.34. The minimum absolute atomic E-state index is 0.0689. The highest BCUT2D eigenvalue weighted by Crippen LogP contribution is 2.21. The molecule has 1 aliphatic heterocycles. The maximum Gasteiger partial charge on any atom is 0.338 e. The molecule has 0 radical (unpaired) electrons. The summed E-state index contributed by atoms with van der Waals surface area (Å²) in [6.07, 6.45) is 3.71. The predicted molar refractivity (Wildman–Crippen MR) is 121 cm³/mol. The largest absolute Gasteiger partial charge is 0.452 e. The Kier molecular flexibility index (Phi) is 8.41. The molecule has 7 nitrogen and oxygen atoms in total. The summed E-state index contributed by atoms with van der Waals surface area (Å²) in [5.74, 6) is -1.03. The fraction of sp³-hybridized carbons (Fsp3) is 0.417. The third-order valence-corrected chi connectivity index (χ3v) is 7.44. The number of nitrogens with zero attached hydrogens (tertiary/aromatic N) is 2. The molecule has 0 aliphatic carbocycles. The third kappa shape index (κ3) is 6.17. The molecule has 8 heteroatoms. The first kappa shape index (κ1) is 23.9. The highest BCUT2D eigenvalue weighted by atomic mass is 32.2. The molecule has 0 atom stereocenters. The second-order valence-corrected chi connectivity index (χ2v) is 9.75. The van der Waals surface area contributed by atoms with E-state index in [2.05, 4.69) is 0 Å². The van der Waals surface area contributed by atoms with E-state index in [1.165, 1.54) is 28.6 Å².